The molecule has 1 heterocycles. The number of hydrogen-bond donors (Lipinski definition) is 4. The number of benzene rings is 1. The molecule has 0 unspecified atom stereocenters. The lowest BCUT2D eigenvalue weighted by Gasteiger charge is -2.15. The van der Waals surface area contributed by atoms with Crippen LogP contribution in [-0.2, 0) is 0 Å². The highest BCUT2D eigenvalue weighted by atomic mass is 16.4. The number of anilines is 1. The Labute approximate surface area is 125 Å². The van der Waals surface area contributed by atoms with Gasteiger partial charge in [-0.1, -0.05) is 18.2 Å². The van der Waals surface area contributed by atoms with Gasteiger partial charge in [0.15, 0.2) is 0 Å². The Morgan fingerprint density at radius 1 is 1.09 bits per heavy atom. The molecule has 0 aliphatic heterocycles. The second kappa shape index (κ2) is 5.36. The zero-order valence-corrected chi connectivity index (χ0v) is 11.9. The Kier molecular flexibility index (Phi) is 3.73. The number of nitrogens with one attached hydrogen (secondary N) is 1. The van der Waals surface area contributed by atoms with Gasteiger partial charge in [-0.3, -0.25) is 4.79 Å². The molecule has 1 aromatic carbocycles. The van der Waals surface area contributed by atoms with Gasteiger partial charge >= 0.3 is 11.9 Å². The Morgan fingerprint density at radius 3 is 2.23 bits per heavy atom. The smallest absolute Gasteiger partial charge is 0.342 e. The zero-order valence-electron chi connectivity index (χ0n) is 11.9. The standard InChI is InChI=1S/C15H14N2O5/c1-6-4-3-5-8(7(6)2)9-10(14(19)20)12(16)17-13(18)11(9)15(21)22/h3-5H,1-2H3,(H,19,20)(H,21,22)(H3,16,17,18). The van der Waals surface area contributed by atoms with Gasteiger partial charge in [-0.25, -0.2) is 9.59 Å². The van der Waals surface area contributed by atoms with Crippen LogP contribution < -0.4 is 11.3 Å². The molecule has 0 radical (unpaired) electrons. The largest absolute Gasteiger partial charge is 0.478 e. The molecule has 0 amide bonds. The van der Waals surface area contributed by atoms with Crippen molar-refractivity contribution in [1.82, 2.24) is 4.98 Å². The van der Waals surface area contributed by atoms with Crippen LogP contribution in [0.25, 0.3) is 11.1 Å². The van der Waals surface area contributed by atoms with E-state index in [-0.39, 0.29) is 11.4 Å². The Bertz CT molecular complexity index is 852. The number of nitrogen functional groups attached to an aromatic ring is 1. The molecule has 22 heavy (non-hydrogen) atoms. The van der Waals surface area contributed by atoms with Gasteiger partial charge in [0.2, 0.25) is 0 Å². The van der Waals surface area contributed by atoms with Crippen molar-refractivity contribution in [3.05, 3.63) is 50.8 Å². The minimum atomic E-state index is -1.51. The normalized spacial score (nSPS) is 10.5. The van der Waals surface area contributed by atoms with Gasteiger partial charge < -0.3 is 20.9 Å². The lowest BCUT2D eigenvalue weighted by molar-refractivity contribution is 0.0695. The Balaban J connectivity index is 3.06. The fourth-order valence-electron chi connectivity index (χ4n) is 2.34. The van der Waals surface area contributed by atoms with Crippen LogP contribution in [0.2, 0.25) is 0 Å². The monoisotopic (exact) mass is 302 g/mol. The summed E-state index contributed by atoms with van der Waals surface area (Å²) in [6, 6.07) is 5.03. The fraction of sp³-hybridized carbons (Fsp3) is 0.133. The molecule has 0 saturated heterocycles. The van der Waals surface area contributed by atoms with Crippen molar-refractivity contribution in [2.24, 2.45) is 0 Å². The third-order valence-corrected chi connectivity index (χ3v) is 3.55. The summed E-state index contributed by atoms with van der Waals surface area (Å²) in [4.78, 5) is 37.0. The molecule has 7 nitrogen and oxygen atoms in total. The lowest BCUT2D eigenvalue weighted by Crippen LogP contribution is -2.24. The summed E-state index contributed by atoms with van der Waals surface area (Å²) in [5, 5.41) is 18.7. The van der Waals surface area contributed by atoms with Crippen LogP contribution in [0.15, 0.2) is 23.0 Å². The number of carboxylic acid groups (broad SMARTS) is 2. The molecule has 0 aliphatic rings. The van der Waals surface area contributed by atoms with E-state index in [4.69, 9.17) is 5.73 Å². The van der Waals surface area contributed by atoms with Crippen LogP contribution in [0.1, 0.15) is 31.8 Å². The average molecular weight is 302 g/mol. The number of aromatic nitrogens is 1. The van der Waals surface area contributed by atoms with E-state index in [9.17, 15) is 24.6 Å². The van der Waals surface area contributed by atoms with Gasteiger partial charge in [0.05, 0.1) is 0 Å². The number of nitrogens with two attached hydrogens (primary N) is 1. The summed E-state index contributed by atoms with van der Waals surface area (Å²) < 4.78 is 0. The second-order valence-electron chi connectivity index (χ2n) is 4.85. The van der Waals surface area contributed by atoms with Gasteiger partial charge in [0, 0.05) is 5.56 Å². The number of pyridine rings is 1. The average Bonchev–Trinajstić information content (AvgIpc) is 2.39. The summed E-state index contributed by atoms with van der Waals surface area (Å²) in [6.07, 6.45) is 0. The van der Waals surface area contributed by atoms with Gasteiger partial charge in [0.25, 0.3) is 5.56 Å². The lowest BCUT2D eigenvalue weighted by atomic mass is 9.90. The molecule has 0 spiro atoms. The molecule has 7 heteroatoms. The predicted octanol–water partition coefficient (Wildman–Crippen LogP) is 1.64. The van der Waals surface area contributed by atoms with Gasteiger partial charge in [-0.2, -0.15) is 0 Å². The van der Waals surface area contributed by atoms with E-state index in [0.717, 1.165) is 5.56 Å². The Morgan fingerprint density at radius 2 is 1.68 bits per heavy atom. The molecule has 2 rings (SSSR count). The van der Waals surface area contributed by atoms with E-state index in [2.05, 4.69) is 4.98 Å². The molecule has 5 N–H and O–H groups in total. The first-order chi connectivity index (χ1) is 10.3. The van der Waals surface area contributed by atoms with Crippen LogP contribution >= 0.6 is 0 Å². The SMILES string of the molecule is Cc1cccc(-c2c(C(=O)O)c(N)[nH]c(=O)c2C(=O)O)c1C. The number of aryl methyl sites for hydroxylation is 1. The number of H-pyrrole nitrogens is 1. The van der Waals surface area contributed by atoms with Crippen molar-refractivity contribution >= 4 is 17.8 Å². The summed E-state index contributed by atoms with van der Waals surface area (Å²) in [5.74, 6) is -3.30. The number of rotatable bonds is 3. The van der Waals surface area contributed by atoms with Crippen molar-refractivity contribution in [3.8, 4) is 11.1 Å². The number of carbonyl (C=O) groups is 2. The Hall–Kier alpha value is -3.09. The molecule has 0 atom stereocenters. The first kappa shape index (κ1) is 15.3. The molecule has 0 fully saturated rings. The van der Waals surface area contributed by atoms with Crippen molar-refractivity contribution in [2.45, 2.75) is 13.8 Å². The fourth-order valence-corrected chi connectivity index (χ4v) is 2.34. The quantitative estimate of drug-likeness (QED) is 0.681. The minimum absolute atomic E-state index is 0.178. The van der Waals surface area contributed by atoms with E-state index in [1.165, 1.54) is 0 Å². The summed E-state index contributed by atoms with van der Waals surface area (Å²) in [5.41, 5.74) is 5.28. The maximum atomic E-state index is 11.9. The highest BCUT2D eigenvalue weighted by Gasteiger charge is 2.27. The summed E-state index contributed by atoms with van der Waals surface area (Å²) >= 11 is 0. The van der Waals surface area contributed by atoms with E-state index in [1.54, 1.807) is 32.0 Å². The molecule has 2 aromatic rings. The molecule has 114 valence electrons. The number of hydrogen-bond acceptors (Lipinski definition) is 4. The van der Waals surface area contributed by atoms with Crippen molar-refractivity contribution in [2.75, 3.05) is 5.73 Å². The molecule has 0 aliphatic carbocycles. The molecule has 1 aromatic heterocycles. The van der Waals surface area contributed by atoms with Crippen molar-refractivity contribution in [1.29, 1.82) is 0 Å². The highest BCUT2D eigenvalue weighted by molar-refractivity contribution is 6.07. The van der Waals surface area contributed by atoms with Crippen molar-refractivity contribution in [3.63, 3.8) is 0 Å². The number of aromatic carboxylic acids is 2. The third kappa shape index (κ3) is 2.32. The third-order valence-electron chi connectivity index (χ3n) is 3.55. The topological polar surface area (TPSA) is 133 Å². The van der Waals surface area contributed by atoms with Crippen LogP contribution in [0.4, 0.5) is 5.82 Å². The molecule has 0 bridgehead atoms. The van der Waals surface area contributed by atoms with Crippen LogP contribution in [0.3, 0.4) is 0 Å². The molecular weight excluding hydrogens is 288 g/mol. The molecule has 0 saturated carbocycles. The summed E-state index contributed by atoms with van der Waals surface area (Å²) in [6.45, 7) is 3.52. The van der Waals surface area contributed by atoms with Crippen molar-refractivity contribution < 1.29 is 19.8 Å². The van der Waals surface area contributed by atoms with Gasteiger partial charge in [-0.05, 0) is 30.5 Å². The van der Waals surface area contributed by atoms with Gasteiger partial charge in [0.1, 0.15) is 16.9 Å². The van der Waals surface area contributed by atoms with E-state index in [0.29, 0.717) is 11.1 Å². The van der Waals surface area contributed by atoms with E-state index < -0.39 is 28.6 Å². The number of carboxylic acids is 2. The first-order valence-electron chi connectivity index (χ1n) is 6.34. The van der Waals surface area contributed by atoms with Crippen LogP contribution in [0.5, 0.6) is 0 Å². The highest BCUT2D eigenvalue weighted by Crippen LogP contribution is 2.32. The molecular formula is C15H14N2O5. The van der Waals surface area contributed by atoms with Crippen LogP contribution in [-0.4, -0.2) is 27.1 Å². The van der Waals surface area contributed by atoms with Gasteiger partial charge in [-0.15, -0.1) is 0 Å². The maximum absolute atomic E-state index is 11.9. The minimum Gasteiger partial charge on any atom is -0.478 e. The van der Waals surface area contributed by atoms with Crippen LogP contribution in [0, 0.1) is 13.8 Å². The van der Waals surface area contributed by atoms with E-state index in [1.807, 2.05) is 0 Å². The second-order valence-corrected chi connectivity index (χ2v) is 4.85. The zero-order chi connectivity index (χ0) is 16.6. The first-order valence-corrected chi connectivity index (χ1v) is 6.34. The maximum Gasteiger partial charge on any atom is 0.342 e. The predicted molar refractivity (Wildman–Crippen MR) is 80.3 cm³/mol. The summed E-state index contributed by atoms with van der Waals surface area (Å²) in [7, 11) is 0. The van der Waals surface area contributed by atoms with E-state index >= 15 is 0 Å². The number of aromatic amines is 1.